The van der Waals surface area contributed by atoms with E-state index in [4.69, 9.17) is 9.97 Å². The number of nitrogens with zero attached hydrogens (tertiary/aromatic N) is 8. The van der Waals surface area contributed by atoms with Crippen LogP contribution in [0.15, 0.2) is 48.8 Å². The van der Waals surface area contributed by atoms with Gasteiger partial charge in [-0.3, -0.25) is 29.3 Å². The maximum atomic E-state index is 15.5. The third-order valence-electron chi connectivity index (χ3n) is 18.1. The summed E-state index contributed by atoms with van der Waals surface area (Å²) in [5.41, 5.74) is 5.33. The van der Waals surface area contributed by atoms with Crippen molar-refractivity contribution in [2.75, 3.05) is 67.5 Å². The van der Waals surface area contributed by atoms with Gasteiger partial charge in [0, 0.05) is 87.0 Å². The van der Waals surface area contributed by atoms with Gasteiger partial charge in [0.05, 0.1) is 40.0 Å². The molecule has 4 aromatic rings. The molecule has 2 saturated carbocycles. The van der Waals surface area contributed by atoms with Gasteiger partial charge in [-0.2, -0.15) is 0 Å². The predicted molar refractivity (Wildman–Crippen MR) is 273 cm³/mol. The van der Waals surface area contributed by atoms with Crippen molar-refractivity contribution in [1.82, 2.24) is 34.6 Å². The number of hydrogen-bond acceptors (Lipinski definition) is 10. The molecular weight excluding hydrogens is 912 g/mol. The molecule has 12 rings (SSSR count). The summed E-state index contributed by atoms with van der Waals surface area (Å²) in [6, 6.07) is 14.7. The maximum absolute atomic E-state index is 15.5. The Hall–Kier alpha value is -5.90. The van der Waals surface area contributed by atoms with Crippen LogP contribution >= 0.6 is 0 Å². The Morgan fingerprint density at radius 3 is 2.28 bits per heavy atom. The van der Waals surface area contributed by atoms with Gasteiger partial charge in [0.15, 0.2) is 5.82 Å². The molecule has 0 radical (unpaired) electrons. The van der Waals surface area contributed by atoms with Crippen molar-refractivity contribution in [3.63, 3.8) is 0 Å². The molecular formula is C56H69FN10O5. The standard InChI is InChI=1S/C56H69FN10O5/c1-34(2)66-33-58-45-31-44(60-50(49(45)66)59-38-9-10-38)37-7-12-42-47(28-37)67(40-29-39(30-40)62-20-5-4-6-21-62)54(72)56(42)18-25-64(26-19-56)53(71)55(3)17-24-65(32-55)52(70)35-15-22-63(23-16-35)46-13-8-36(27-43(46)57)41-11-14-48(68)61-51(41)69/h7-8,12-13,27-28,31,33-35,38-41H,4-6,9-11,14-26,29-30,32H2,1-3H3,(H,59,60)(H,61,68,69)/t39?,40?,41-,55-/m1/s1. The Morgan fingerprint density at radius 2 is 1.57 bits per heavy atom. The Kier molecular flexibility index (Phi) is 11.9. The Morgan fingerprint density at radius 1 is 0.819 bits per heavy atom. The van der Waals surface area contributed by atoms with Gasteiger partial charge >= 0.3 is 0 Å². The van der Waals surface area contributed by atoms with Gasteiger partial charge in [0.25, 0.3) is 0 Å². The first-order valence-corrected chi connectivity index (χ1v) is 27.1. The van der Waals surface area contributed by atoms with E-state index < -0.39 is 28.5 Å². The second-order valence-electron chi connectivity index (χ2n) is 23.1. The largest absolute Gasteiger partial charge is 0.369 e. The fourth-order valence-corrected chi connectivity index (χ4v) is 13.5. The highest BCUT2D eigenvalue weighted by atomic mass is 19.1. The Balaban J connectivity index is 0.724. The summed E-state index contributed by atoms with van der Waals surface area (Å²) in [5, 5.41) is 6.05. The summed E-state index contributed by atoms with van der Waals surface area (Å²) in [6.07, 6.45) is 13.3. The number of piperidine rings is 4. The van der Waals surface area contributed by atoms with Gasteiger partial charge in [0.1, 0.15) is 11.3 Å². The molecule has 380 valence electrons. The number of likely N-dealkylation sites (tertiary alicyclic amines) is 3. The molecule has 6 aliphatic heterocycles. The van der Waals surface area contributed by atoms with Crippen LogP contribution in [0.5, 0.6) is 0 Å². The fourth-order valence-electron chi connectivity index (χ4n) is 13.5. The number of fused-ring (bicyclic) bond motifs is 3. The van der Waals surface area contributed by atoms with Crippen LogP contribution in [0.3, 0.4) is 0 Å². The van der Waals surface area contributed by atoms with E-state index in [0.29, 0.717) is 101 Å². The van der Waals surface area contributed by atoms with Crippen molar-refractivity contribution in [2.45, 2.75) is 146 Å². The third-order valence-corrected chi connectivity index (χ3v) is 18.1. The normalized spacial score (nSPS) is 27.0. The highest BCUT2D eigenvalue weighted by Crippen LogP contribution is 2.53. The fraction of sp³-hybridized carbons (Fsp3) is 0.589. The molecule has 2 N–H and O–H groups in total. The van der Waals surface area contributed by atoms with Crippen molar-refractivity contribution in [1.29, 1.82) is 0 Å². The molecule has 72 heavy (non-hydrogen) atoms. The number of hydrogen-bond donors (Lipinski definition) is 2. The van der Waals surface area contributed by atoms with Crippen molar-refractivity contribution in [2.24, 2.45) is 11.3 Å². The average molecular weight is 981 g/mol. The zero-order valence-corrected chi connectivity index (χ0v) is 42.1. The maximum Gasteiger partial charge on any atom is 0.238 e. The topological polar surface area (TPSA) is 156 Å². The number of aromatic nitrogens is 3. The van der Waals surface area contributed by atoms with Crippen LogP contribution in [0.1, 0.15) is 134 Å². The molecule has 2 aliphatic carbocycles. The minimum absolute atomic E-state index is 0.0527. The van der Waals surface area contributed by atoms with E-state index in [2.05, 4.69) is 63.1 Å². The first kappa shape index (κ1) is 47.1. The molecule has 1 spiro atoms. The zero-order chi connectivity index (χ0) is 49.6. The number of benzene rings is 2. The molecule has 2 aromatic carbocycles. The number of rotatable bonds is 10. The van der Waals surface area contributed by atoms with Crippen molar-refractivity contribution in [3.8, 4) is 11.3 Å². The highest BCUT2D eigenvalue weighted by molar-refractivity contribution is 6.09. The summed E-state index contributed by atoms with van der Waals surface area (Å²) < 4.78 is 17.7. The van der Waals surface area contributed by atoms with E-state index in [0.717, 1.165) is 78.1 Å². The second-order valence-corrected chi connectivity index (χ2v) is 23.1. The number of anilines is 3. The predicted octanol–water partition coefficient (Wildman–Crippen LogP) is 7.29. The van der Waals surface area contributed by atoms with Crippen molar-refractivity contribution in [3.05, 3.63) is 65.7 Å². The highest BCUT2D eigenvalue weighted by Gasteiger charge is 2.57. The van der Waals surface area contributed by atoms with Crippen LogP contribution in [0.25, 0.3) is 22.3 Å². The number of nitrogens with one attached hydrogen (secondary N) is 2. The molecule has 5 amide bonds. The number of amides is 5. The lowest BCUT2D eigenvalue weighted by Gasteiger charge is -2.48. The summed E-state index contributed by atoms with van der Waals surface area (Å²) in [7, 11) is 0. The molecule has 8 aliphatic rings. The molecule has 16 heteroatoms. The molecule has 7 fully saturated rings. The van der Waals surface area contributed by atoms with Gasteiger partial charge in [-0.05, 0) is 146 Å². The van der Waals surface area contributed by atoms with Crippen LogP contribution in [-0.2, 0) is 29.4 Å². The van der Waals surface area contributed by atoms with Gasteiger partial charge in [-0.25, -0.2) is 14.4 Å². The molecule has 2 atom stereocenters. The quantitative estimate of drug-likeness (QED) is 0.155. The number of imidazole rings is 1. The van der Waals surface area contributed by atoms with E-state index >= 15 is 9.18 Å². The molecule has 2 aromatic heterocycles. The lowest BCUT2D eigenvalue weighted by atomic mass is 9.72. The number of pyridine rings is 1. The van der Waals surface area contributed by atoms with E-state index in [-0.39, 0.29) is 48.1 Å². The van der Waals surface area contributed by atoms with E-state index in [1.54, 1.807) is 12.1 Å². The lowest BCUT2D eigenvalue weighted by molar-refractivity contribution is -0.145. The molecule has 5 saturated heterocycles. The smallest absolute Gasteiger partial charge is 0.238 e. The van der Waals surface area contributed by atoms with Gasteiger partial charge in [-0.1, -0.05) is 24.6 Å². The SMILES string of the molecule is CC(C)n1cnc2cc(-c3ccc4c(c3)N(C3CC(N5CCCCC5)C3)C(=O)C43CCN(C(=O)[C@]4(C)CCN(C(=O)C5CCN(c6ccc([C@H]7CCC(=O)NC7=O)cc6F)CC5)C4)CC3)nc(NC3CC3)c21. The van der Waals surface area contributed by atoms with Gasteiger partial charge in [0.2, 0.25) is 29.5 Å². The molecule has 15 nitrogen and oxygen atoms in total. The summed E-state index contributed by atoms with van der Waals surface area (Å²) in [5.74, 6) is -0.754. The number of halogens is 1. The Labute approximate surface area is 421 Å². The minimum Gasteiger partial charge on any atom is -0.369 e. The van der Waals surface area contributed by atoms with E-state index in [1.165, 1.54) is 25.3 Å². The first-order chi connectivity index (χ1) is 34.8. The summed E-state index contributed by atoms with van der Waals surface area (Å²) in [4.78, 5) is 88.7. The average Bonchev–Trinajstić information content (AvgIpc) is 3.84. The van der Waals surface area contributed by atoms with Crippen LogP contribution in [0, 0.1) is 17.2 Å². The van der Waals surface area contributed by atoms with Crippen LogP contribution in [-0.4, -0.2) is 129 Å². The first-order valence-electron chi connectivity index (χ1n) is 27.1. The minimum atomic E-state index is -0.728. The lowest BCUT2D eigenvalue weighted by Crippen LogP contribution is -2.59. The zero-order valence-electron chi connectivity index (χ0n) is 42.1. The Bertz CT molecular complexity index is 2830. The number of imide groups is 1. The van der Waals surface area contributed by atoms with Crippen LogP contribution < -0.4 is 20.4 Å². The van der Waals surface area contributed by atoms with Crippen molar-refractivity contribution >= 4 is 57.8 Å². The third kappa shape index (κ3) is 8.23. The molecule has 8 heterocycles. The number of carbonyl (C=O) groups is 5. The van der Waals surface area contributed by atoms with Crippen molar-refractivity contribution < 1.29 is 28.4 Å². The van der Waals surface area contributed by atoms with Crippen LogP contribution in [0.2, 0.25) is 0 Å². The molecule has 0 bridgehead atoms. The van der Waals surface area contributed by atoms with E-state index in [9.17, 15) is 19.2 Å². The van der Waals surface area contributed by atoms with Gasteiger partial charge < -0.3 is 34.4 Å². The van der Waals surface area contributed by atoms with Gasteiger partial charge in [-0.15, -0.1) is 0 Å². The number of carbonyl (C=O) groups excluding carboxylic acids is 5. The van der Waals surface area contributed by atoms with Crippen LogP contribution in [0.4, 0.5) is 21.6 Å². The monoisotopic (exact) mass is 981 g/mol. The molecule has 0 unspecified atom stereocenters. The summed E-state index contributed by atoms with van der Waals surface area (Å²) >= 11 is 0. The second kappa shape index (κ2) is 18.2. The summed E-state index contributed by atoms with van der Waals surface area (Å²) in [6.45, 7) is 11.4. The van der Waals surface area contributed by atoms with E-state index in [1.807, 2.05) is 28.0 Å².